The first-order valence-corrected chi connectivity index (χ1v) is 11.5. The number of hydrogen-bond donors (Lipinski definition) is 4. The molecular weight excluding hydrogens is 454 g/mol. The highest BCUT2D eigenvalue weighted by Gasteiger charge is 2.26. The average Bonchev–Trinajstić information content (AvgIpc) is 3.38. The fourth-order valence-corrected chi connectivity index (χ4v) is 3.99. The van der Waals surface area contributed by atoms with Crippen LogP contribution >= 0.6 is 0 Å². The molecule has 11 nitrogen and oxygen atoms in total. The minimum Gasteiger partial charge on any atom is -0.416 e. The van der Waals surface area contributed by atoms with Crippen LogP contribution < -0.4 is 10.8 Å². The molecule has 2 heterocycles. The molecular formula is C24H29N5O6. The van der Waals surface area contributed by atoms with Crippen LogP contribution in [0.25, 0.3) is 17.0 Å². The molecule has 1 fully saturated rings. The SMILES string of the molecule is C[C@@H](O)[C@H](NC(=O)c1ccc(-c2nnc(C3=CCC(CN4CCOCC4)C=C3)o2)cc1)C(=O)NO. The summed E-state index contributed by atoms with van der Waals surface area (Å²) in [4.78, 5) is 26.5. The van der Waals surface area contributed by atoms with Crippen LogP contribution in [0.15, 0.2) is 46.9 Å². The Morgan fingerprint density at radius 1 is 1.17 bits per heavy atom. The summed E-state index contributed by atoms with van der Waals surface area (Å²) < 4.78 is 11.3. The van der Waals surface area contributed by atoms with Gasteiger partial charge >= 0.3 is 0 Å². The lowest BCUT2D eigenvalue weighted by atomic mass is 9.96. The number of nitrogens with one attached hydrogen (secondary N) is 2. The number of carbonyl (C=O) groups is 2. The van der Waals surface area contributed by atoms with Gasteiger partial charge in [-0.3, -0.25) is 19.7 Å². The molecule has 1 aromatic heterocycles. The first kappa shape index (κ1) is 24.7. The molecule has 0 spiro atoms. The van der Waals surface area contributed by atoms with Gasteiger partial charge in [-0.2, -0.15) is 0 Å². The normalized spacial score (nSPS) is 20.1. The van der Waals surface area contributed by atoms with Crippen molar-refractivity contribution in [3.05, 3.63) is 53.9 Å². The number of rotatable bonds is 8. The molecule has 1 saturated heterocycles. The quantitative estimate of drug-likeness (QED) is 0.319. The maximum absolute atomic E-state index is 12.4. The van der Waals surface area contributed by atoms with Gasteiger partial charge in [-0.25, -0.2) is 5.48 Å². The van der Waals surface area contributed by atoms with Crippen molar-refractivity contribution in [1.29, 1.82) is 0 Å². The number of morpholine rings is 1. The molecule has 11 heteroatoms. The zero-order valence-electron chi connectivity index (χ0n) is 19.4. The number of amides is 2. The number of carbonyl (C=O) groups excluding carboxylic acids is 2. The number of aliphatic hydroxyl groups excluding tert-OH is 1. The van der Waals surface area contributed by atoms with E-state index in [0.717, 1.165) is 44.8 Å². The number of aliphatic hydroxyl groups is 1. The number of benzene rings is 1. The lowest BCUT2D eigenvalue weighted by Crippen LogP contribution is -2.51. The molecule has 2 aromatic rings. The monoisotopic (exact) mass is 483 g/mol. The summed E-state index contributed by atoms with van der Waals surface area (Å²) in [5, 5.41) is 29.1. The van der Waals surface area contributed by atoms with Gasteiger partial charge in [-0.05, 0) is 43.5 Å². The Hall–Kier alpha value is -3.38. The predicted molar refractivity (Wildman–Crippen MR) is 125 cm³/mol. The second kappa shape index (κ2) is 11.4. The van der Waals surface area contributed by atoms with Gasteiger partial charge in [0.15, 0.2) is 0 Å². The third-order valence-corrected chi connectivity index (χ3v) is 6.01. The van der Waals surface area contributed by atoms with Crippen LogP contribution in [0.3, 0.4) is 0 Å². The number of hydroxylamine groups is 1. The van der Waals surface area contributed by atoms with Crippen LogP contribution in [0.5, 0.6) is 0 Å². The summed E-state index contributed by atoms with van der Waals surface area (Å²) in [5.74, 6) is -0.311. The van der Waals surface area contributed by atoms with Gasteiger partial charge in [-0.1, -0.05) is 18.2 Å². The maximum atomic E-state index is 12.4. The van der Waals surface area contributed by atoms with E-state index in [-0.39, 0.29) is 5.56 Å². The Labute approximate surface area is 202 Å². The smallest absolute Gasteiger partial charge is 0.268 e. The van der Waals surface area contributed by atoms with Crippen LogP contribution in [-0.2, 0) is 9.53 Å². The standard InChI is InChI=1S/C24H29N5O6/c1-15(30)20(22(32)28-33)25-21(31)17-6-8-19(9-7-17)24-27-26-23(35-24)18-4-2-16(3-5-18)14-29-10-12-34-13-11-29/h2,4-9,15-16,20,30,33H,3,10-14H2,1H3,(H,25,31)(H,28,32)/t15-,16?,20+/m1/s1. The Kier molecular flexibility index (Phi) is 8.03. The molecule has 2 amide bonds. The van der Waals surface area contributed by atoms with E-state index >= 15 is 0 Å². The molecule has 0 bridgehead atoms. The molecule has 4 N–H and O–H groups in total. The molecule has 3 atom stereocenters. The Balaban J connectivity index is 1.36. The minimum atomic E-state index is -1.30. The number of hydrogen-bond acceptors (Lipinski definition) is 9. The fraction of sp³-hybridized carbons (Fsp3) is 0.417. The molecule has 0 radical (unpaired) electrons. The van der Waals surface area contributed by atoms with Crippen molar-refractivity contribution in [2.45, 2.75) is 25.5 Å². The summed E-state index contributed by atoms with van der Waals surface area (Å²) in [6.07, 6.45) is 6.00. The lowest BCUT2D eigenvalue weighted by molar-refractivity contribution is -0.133. The predicted octanol–water partition coefficient (Wildman–Crippen LogP) is 1.01. The van der Waals surface area contributed by atoms with Crippen LogP contribution in [0.1, 0.15) is 29.6 Å². The van der Waals surface area contributed by atoms with E-state index in [1.165, 1.54) is 12.4 Å². The molecule has 4 rings (SSSR count). The Morgan fingerprint density at radius 2 is 1.89 bits per heavy atom. The van der Waals surface area contributed by atoms with E-state index < -0.39 is 24.0 Å². The van der Waals surface area contributed by atoms with Crippen molar-refractivity contribution >= 4 is 17.4 Å². The third-order valence-electron chi connectivity index (χ3n) is 6.01. The van der Waals surface area contributed by atoms with Crippen LogP contribution in [-0.4, -0.2) is 82.2 Å². The topological polar surface area (TPSA) is 150 Å². The van der Waals surface area contributed by atoms with Crippen molar-refractivity contribution in [2.75, 3.05) is 32.8 Å². The third kappa shape index (κ3) is 6.20. The number of aromatic nitrogens is 2. The van der Waals surface area contributed by atoms with Crippen molar-refractivity contribution in [2.24, 2.45) is 5.92 Å². The number of nitrogens with zero attached hydrogens (tertiary/aromatic N) is 3. The van der Waals surface area contributed by atoms with Crippen molar-refractivity contribution in [3.63, 3.8) is 0 Å². The zero-order valence-corrected chi connectivity index (χ0v) is 19.4. The van der Waals surface area contributed by atoms with Crippen molar-refractivity contribution < 1.29 is 29.1 Å². The van der Waals surface area contributed by atoms with Gasteiger partial charge in [0, 0.05) is 36.3 Å². The van der Waals surface area contributed by atoms with Gasteiger partial charge in [0.2, 0.25) is 11.8 Å². The van der Waals surface area contributed by atoms with Crippen LogP contribution in [0.2, 0.25) is 0 Å². The minimum absolute atomic E-state index is 0.258. The molecule has 1 aliphatic carbocycles. The van der Waals surface area contributed by atoms with Crippen molar-refractivity contribution in [1.82, 2.24) is 25.9 Å². The van der Waals surface area contributed by atoms with E-state index in [2.05, 4.69) is 32.6 Å². The number of ether oxygens (including phenoxy) is 1. The maximum Gasteiger partial charge on any atom is 0.268 e. The van der Waals surface area contributed by atoms with E-state index in [9.17, 15) is 14.7 Å². The van der Waals surface area contributed by atoms with Gasteiger partial charge in [0.25, 0.3) is 11.8 Å². The van der Waals surface area contributed by atoms with Gasteiger partial charge in [0.1, 0.15) is 6.04 Å². The first-order valence-electron chi connectivity index (χ1n) is 11.5. The lowest BCUT2D eigenvalue weighted by Gasteiger charge is -2.29. The summed E-state index contributed by atoms with van der Waals surface area (Å²) >= 11 is 0. The van der Waals surface area contributed by atoms with E-state index in [4.69, 9.17) is 14.4 Å². The zero-order chi connectivity index (χ0) is 24.8. The van der Waals surface area contributed by atoms with Gasteiger partial charge in [0.05, 0.1) is 19.3 Å². The molecule has 1 unspecified atom stereocenters. The highest BCUT2D eigenvalue weighted by Crippen LogP contribution is 2.27. The molecule has 1 aromatic carbocycles. The Morgan fingerprint density at radius 3 is 2.51 bits per heavy atom. The van der Waals surface area contributed by atoms with Crippen LogP contribution in [0, 0.1) is 5.92 Å². The highest BCUT2D eigenvalue weighted by atomic mass is 16.5. The number of allylic oxidation sites excluding steroid dienone is 3. The van der Waals surface area contributed by atoms with E-state index in [1.54, 1.807) is 24.3 Å². The summed E-state index contributed by atoms with van der Waals surface area (Å²) in [6, 6.07) is 5.09. The summed E-state index contributed by atoms with van der Waals surface area (Å²) in [5.41, 5.74) is 3.19. The van der Waals surface area contributed by atoms with E-state index in [1.807, 2.05) is 6.08 Å². The Bertz CT molecular complexity index is 1090. The molecule has 1 aliphatic heterocycles. The average molecular weight is 484 g/mol. The van der Waals surface area contributed by atoms with Gasteiger partial charge < -0.3 is 19.6 Å². The second-order valence-electron chi connectivity index (χ2n) is 8.58. The molecule has 0 saturated carbocycles. The molecule has 186 valence electrons. The summed E-state index contributed by atoms with van der Waals surface area (Å²) in [7, 11) is 0. The first-order chi connectivity index (χ1) is 16.9. The van der Waals surface area contributed by atoms with Crippen LogP contribution in [0.4, 0.5) is 0 Å². The largest absolute Gasteiger partial charge is 0.416 e. The molecule has 2 aliphatic rings. The fourth-order valence-electron chi connectivity index (χ4n) is 3.99. The van der Waals surface area contributed by atoms with Gasteiger partial charge in [-0.15, -0.1) is 10.2 Å². The van der Waals surface area contributed by atoms with E-state index in [0.29, 0.717) is 23.3 Å². The van der Waals surface area contributed by atoms with Crippen molar-refractivity contribution in [3.8, 4) is 11.5 Å². The summed E-state index contributed by atoms with van der Waals surface area (Å²) in [6.45, 7) is 5.84. The molecule has 35 heavy (non-hydrogen) atoms. The second-order valence-corrected chi connectivity index (χ2v) is 8.58. The highest BCUT2D eigenvalue weighted by molar-refractivity contribution is 5.97.